The molecule has 1 unspecified atom stereocenters. The van der Waals surface area contributed by atoms with Gasteiger partial charge in [-0.05, 0) is 61.9 Å². The number of pyridine rings is 1. The first-order valence-corrected chi connectivity index (χ1v) is 8.42. The third kappa shape index (κ3) is 2.71. The highest BCUT2D eigenvalue weighted by molar-refractivity contribution is 6.11. The van der Waals surface area contributed by atoms with E-state index >= 15 is 0 Å². The highest BCUT2D eigenvalue weighted by atomic mass is 19.1. The summed E-state index contributed by atoms with van der Waals surface area (Å²) < 4.78 is 13.4. The van der Waals surface area contributed by atoms with Gasteiger partial charge in [-0.3, -0.25) is 14.7 Å². The van der Waals surface area contributed by atoms with E-state index in [0.29, 0.717) is 11.3 Å². The van der Waals surface area contributed by atoms with Crippen molar-refractivity contribution in [3.63, 3.8) is 0 Å². The fraction of sp³-hybridized carbons (Fsp3) is 0.143. The lowest BCUT2D eigenvalue weighted by molar-refractivity contribution is 0.0993. The average Bonchev–Trinajstić information content (AvgIpc) is 2.91. The van der Waals surface area contributed by atoms with Gasteiger partial charge in [-0.15, -0.1) is 0 Å². The number of hydrogen-bond donors (Lipinski definition) is 1. The van der Waals surface area contributed by atoms with Crippen LogP contribution in [0.5, 0.6) is 0 Å². The zero-order valence-electron chi connectivity index (χ0n) is 14.5. The Morgan fingerprint density at radius 3 is 2.58 bits per heavy atom. The van der Waals surface area contributed by atoms with Gasteiger partial charge in [-0.25, -0.2) is 4.39 Å². The Hall–Kier alpha value is -3.21. The standard InChI is InChI=1S/C21H18FN3O/c1-13-5-8-16(9-6-13)25-20(19-17(21(25)26)4-3-11-23-19)24-18-10-7-15(22)12-14(18)2/h3-12,20,24H,1-2H3. The largest absolute Gasteiger partial charge is 0.360 e. The van der Waals surface area contributed by atoms with E-state index in [1.54, 1.807) is 29.3 Å². The number of hydrogen-bond acceptors (Lipinski definition) is 3. The summed E-state index contributed by atoms with van der Waals surface area (Å²) in [4.78, 5) is 19.1. The van der Waals surface area contributed by atoms with E-state index in [0.717, 1.165) is 22.5 Å². The van der Waals surface area contributed by atoms with Crippen molar-refractivity contribution in [2.45, 2.75) is 20.0 Å². The number of halogens is 1. The van der Waals surface area contributed by atoms with Gasteiger partial charge in [-0.2, -0.15) is 0 Å². The van der Waals surface area contributed by atoms with Crippen LogP contribution in [0.15, 0.2) is 60.8 Å². The normalized spacial score (nSPS) is 15.9. The number of nitrogens with one attached hydrogen (secondary N) is 1. The molecular weight excluding hydrogens is 329 g/mol. The van der Waals surface area contributed by atoms with Crippen molar-refractivity contribution in [2.75, 3.05) is 10.2 Å². The van der Waals surface area contributed by atoms with Crippen molar-refractivity contribution in [1.29, 1.82) is 0 Å². The van der Waals surface area contributed by atoms with Gasteiger partial charge in [0.15, 0.2) is 6.17 Å². The average molecular weight is 347 g/mol. The Balaban J connectivity index is 1.79. The first-order chi connectivity index (χ1) is 12.5. The van der Waals surface area contributed by atoms with E-state index in [2.05, 4.69) is 10.3 Å². The Labute approximate surface area is 151 Å². The molecule has 4 nitrogen and oxygen atoms in total. The van der Waals surface area contributed by atoms with Crippen molar-refractivity contribution in [3.05, 3.63) is 89.0 Å². The fourth-order valence-electron chi connectivity index (χ4n) is 3.23. The molecule has 3 aromatic rings. The Kier molecular flexibility index (Phi) is 3.92. The molecule has 2 heterocycles. The lowest BCUT2D eigenvalue weighted by Gasteiger charge is -2.27. The molecular formula is C21H18FN3O. The third-order valence-corrected chi connectivity index (χ3v) is 4.60. The molecule has 1 N–H and O–H groups in total. The zero-order chi connectivity index (χ0) is 18.3. The second kappa shape index (κ2) is 6.26. The number of aromatic nitrogens is 1. The zero-order valence-corrected chi connectivity index (χ0v) is 14.5. The van der Waals surface area contributed by atoms with E-state index in [1.165, 1.54) is 12.1 Å². The van der Waals surface area contributed by atoms with Crippen LogP contribution in [0.4, 0.5) is 15.8 Å². The molecule has 130 valence electrons. The van der Waals surface area contributed by atoms with Gasteiger partial charge in [-0.1, -0.05) is 17.7 Å². The quantitative estimate of drug-likeness (QED) is 0.753. The van der Waals surface area contributed by atoms with Gasteiger partial charge in [0, 0.05) is 17.6 Å². The lowest BCUT2D eigenvalue weighted by Crippen LogP contribution is -2.32. The maximum absolute atomic E-state index is 13.4. The molecule has 26 heavy (non-hydrogen) atoms. The smallest absolute Gasteiger partial charge is 0.262 e. The minimum absolute atomic E-state index is 0.103. The number of fused-ring (bicyclic) bond motifs is 1. The van der Waals surface area contributed by atoms with Crippen LogP contribution in [-0.2, 0) is 0 Å². The number of rotatable bonds is 3. The Bertz CT molecular complexity index is 985. The molecule has 0 spiro atoms. The van der Waals surface area contributed by atoms with Gasteiger partial charge in [0.05, 0.1) is 11.3 Å². The molecule has 1 aromatic heterocycles. The molecule has 1 amide bonds. The first-order valence-electron chi connectivity index (χ1n) is 8.42. The monoisotopic (exact) mass is 347 g/mol. The van der Waals surface area contributed by atoms with Crippen molar-refractivity contribution in [3.8, 4) is 0 Å². The number of anilines is 2. The number of amides is 1. The van der Waals surface area contributed by atoms with Crippen LogP contribution in [0.2, 0.25) is 0 Å². The topological polar surface area (TPSA) is 45.2 Å². The van der Waals surface area contributed by atoms with Gasteiger partial charge >= 0.3 is 0 Å². The molecule has 0 saturated carbocycles. The molecule has 0 saturated heterocycles. The van der Waals surface area contributed by atoms with Crippen LogP contribution in [0.1, 0.15) is 33.3 Å². The van der Waals surface area contributed by atoms with Crippen LogP contribution in [0.3, 0.4) is 0 Å². The van der Waals surface area contributed by atoms with E-state index in [4.69, 9.17) is 0 Å². The number of carbonyl (C=O) groups is 1. The summed E-state index contributed by atoms with van der Waals surface area (Å²) in [5, 5.41) is 3.36. The Morgan fingerprint density at radius 2 is 1.85 bits per heavy atom. The summed E-state index contributed by atoms with van der Waals surface area (Å²) >= 11 is 0. The van der Waals surface area contributed by atoms with Crippen LogP contribution < -0.4 is 10.2 Å². The summed E-state index contributed by atoms with van der Waals surface area (Å²) in [5.41, 5.74) is 4.68. The first kappa shape index (κ1) is 16.3. The Morgan fingerprint density at radius 1 is 1.08 bits per heavy atom. The van der Waals surface area contributed by atoms with Crippen molar-refractivity contribution in [2.24, 2.45) is 0 Å². The van der Waals surface area contributed by atoms with Gasteiger partial charge in [0.2, 0.25) is 0 Å². The maximum Gasteiger partial charge on any atom is 0.262 e. The molecule has 0 radical (unpaired) electrons. The number of nitrogens with zero attached hydrogens (tertiary/aromatic N) is 2. The number of benzene rings is 2. The summed E-state index contributed by atoms with van der Waals surface area (Å²) in [6.45, 7) is 3.83. The number of aryl methyl sites for hydroxylation is 2. The third-order valence-electron chi connectivity index (χ3n) is 4.60. The summed E-state index contributed by atoms with van der Waals surface area (Å²) in [7, 11) is 0. The summed E-state index contributed by atoms with van der Waals surface area (Å²) in [5.74, 6) is -0.390. The lowest BCUT2D eigenvalue weighted by atomic mass is 10.1. The molecule has 1 atom stereocenters. The van der Waals surface area contributed by atoms with Crippen LogP contribution in [-0.4, -0.2) is 10.9 Å². The van der Waals surface area contributed by atoms with Crippen LogP contribution >= 0.6 is 0 Å². The fourth-order valence-corrected chi connectivity index (χ4v) is 3.23. The second-order valence-corrected chi connectivity index (χ2v) is 6.45. The van der Waals surface area contributed by atoms with Crippen molar-refractivity contribution in [1.82, 2.24) is 4.98 Å². The molecule has 2 aromatic carbocycles. The maximum atomic E-state index is 13.4. The van der Waals surface area contributed by atoms with Gasteiger partial charge < -0.3 is 5.32 Å². The molecule has 4 rings (SSSR count). The molecule has 5 heteroatoms. The second-order valence-electron chi connectivity index (χ2n) is 6.45. The van der Waals surface area contributed by atoms with Gasteiger partial charge in [0.25, 0.3) is 5.91 Å². The summed E-state index contributed by atoms with van der Waals surface area (Å²) in [6, 6.07) is 15.9. The minimum Gasteiger partial charge on any atom is -0.360 e. The van der Waals surface area contributed by atoms with E-state index < -0.39 is 6.17 Å². The van der Waals surface area contributed by atoms with Crippen molar-refractivity contribution < 1.29 is 9.18 Å². The highest BCUT2D eigenvalue weighted by Gasteiger charge is 2.39. The number of carbonyl (C=O) groups excluding carboxylic acids is 1. The molecule has 0 bridgehead atoms. The summed E-state index contributed by atoms with van der Waals surface area (Å²) in [6.07, 6.45) is 1.22. The molecule has 0 aliphatic carbocycles. The van der Waals surface area contributed by atoms with Crippen molar-refractivity contribution >= 4 is 17.3 Å². The van der Waals surface area contributed by atoms with Crippen LogP contribution in [0.25, 0.3) is 0 Å². The SMILES string of the molecule is Cc1ccc(N2C(=O)c3cccnc3C2Nc2ccc(F)cc2C)cc1. The molecule has 1 aliphatic rings. The van der Waals surface area contributed by atoms with Crippen LogP contribution in [0, 0.1) is 19.7 Å². The molecule has 0 fully saturated rings. The predicted molar refractivity (Wildman–Crippen MR) is 99.7 cm³/mol. The van der Waals surface area contributed by atoms with E-state index in [1.807, 2.05) is 38.1 Å². The van der Waals surface area contributed by atoms with E-state index in [-0.39, 0.29) is 11.7 Å². The van der Waals surface area contributed by atoms with Gasteiger partial charge in [0.1, 0.15) is 5.82 Å². The highest BCUT2D eigenvalue weighted by Crippen LogP contribution is 2.37. The minimum atomic E-state index is -0.453. The predicted octanol–water partition coefficient (Wildman–Crippen LogP) is 4.61. The van der Waals surface area contributed by atoms with E-state index in [9.17, 15) is 9.18 Å². The molecule has 1 aliphatic heterocycles.